The molecule has 1 aromatic carbocycles. The van der Waals surface area contributed by atoms with E-state index in [2.05, 4.69) is 5.32 Å². The van der Waals surface area contributed by atoms with Crippen molar-refractivity contribution in [1.82, 2.24) is 5.32 Å². The molecule has 3 N–H and O–H groups in total. The Labute approximate surface area is 117 Å². The number of aliphatic carboxylic acids is 1. The first-order chi connectivity index (χ1) is 9.59. The van der Waals surface area contributed by atoms with E-state index in [0.717, 1.165) is 12.8 Å². The molecule has 3 atom stereocenters. The zero-order chi connectivity index (χ0) is 14.5. The fourth-order valence-electron chi connectivity index (χ4n) is 2.65. The van der Waals surface area contributed by atoms with Gasteiger partial charge in [0.05, 0.1) is 5.92 Å². The molecule has 108 valence electrons. The molecule has 0 aromatic heterocycles. The van der Waals surface area contributed by atoms with Gasteiger partial charge in [0, 0.05) is 6.04 Å². The molecule has 1 unspecified atom stereocenters. The van der Waals surface area contributed by atoms with Crippen LogP contribution in [0.15, 0.2) is 30.3 Å². The van der Waals surface area contributed by atoms with Gasteiger partial charge in [-0.3, -0.25) is 9.59 Å². The molecule has 1 aliphatic rings. The molecule has 5 nitrogen and oxygen atoms in total. The maximum atomic E-state index is 12.0. The molecule has 0 aliphatic heterocycles. The molecule has 1 fully saturated rings. The van der Waals surface area contributed by atoms with Gasteiger partial charge in [-0.25, -0.2) is 0 Å². The van der Waals surface area contributed by atoms with Crippen LogP contribution < -0.4 is 5.32 Å². The van der Waals surface area contributed by atoms with E-state index >= 15 is 0 Å². The average Bonchev–Trinajstić information content (AvgIpc) is 2.47. The number of carboxylic acids is 1. The zero-order valence-electron chi connectivity index (χ0n) is 11.2. The Balaban J connectivity index is 2.01. The van der Waals surface area contributed by atoms with Crippen LogP contribution >= 0.6 is 0 Å². The predicted molar refractivity (Wildman–Crippen MR) is 72.9 cm³/mol. The highest BCUT2D eigenvalue weighted by Gasteiger charge is 2.33. The number of benzene rings is 1. The van der Waals surface area contributed by atoms with Gasteiger partial charge in [-0.05, 0) is 18.4 Å². The minimum absolute atomic E-state index is 0.396. The summed E-state index contributed by atoms with van der Waals surface area (Å²) >= 11 is 0. The van der Waals surface area contributed by atoms with Crippen molar-refractivity contribution in [2.75, 3.05) is 0 Å². The highest BCUT2D eigenvalue weighted by atomic mass is 16.4. The lowest BCUT2D eigenvalue weighted by atomic mass is 9.84. The third-order valence-electron chi connectivity index (χ3n) is 3.77. The molecule has 1 aromatic rings. The molecule has 20 heavy (non-hydrogen) atoms. The molecule has 1 aliphatic carbocycles. The van der Waals surface area contributed by atoms with Crippen molar-refractivity contribution < 1.29 is 19.8 Å². The van der Waals surface area contributed by atoms with Crippen LogP contribution in [-0.4, -0.2) is 28.1 Å². The van der Waals surface area contributed by atoms with E-state index in [-0.39, 0.29) is 0 Å². The maximum absolute atomic E-state index is 12.0. The lowest BCUT2D eigenvalue weighted by Gasteiger charge is -2.30. The van der Waals surface area contributed by atoms with Crippen LogP contribution in [0.2, 0.25) is 0 Å². The van der Waals surface area contributed by atoms with Gasteiger partial charge in [0.1, 0.15) is 0 Å². The van der Waals surface area contributed by atoms with Crippen molar-refractivity contribution in [3.8, 4) is 0 Å². The lowest BCUT2D eigenvalue weighted by molar-refractivity contribution is -0.144. The zero-order valence-corrected chi connectivity index (χ0v) is 11.2. The smallest absolute Gasteiger partial charge is 0.308 e. The fraction of sp³-hybridized carbons (Fsp3) is 0.467. The van der Waals surface area contributed by atoms with Gasteiger partial charge in [-0.1, -0.05) is 43.2 Å². The van der Waals surface area contributed by atoms with Crippen LogP contribution in [0.25, 0.3) is 0 Å². The van der Waals surface area contributed by atoms with E-state index in [0.29, 0.717) is 18.4 Å². The van der Waals surface area contributed by atoms with Gasteiger partial charge in [-0.2, -0.15) is 0 Å². The molecule has 1 saturated carbocycles. The van der Waals surface area contributed by atoms with Crippen LogP contribution in [0.1, 0.15) is 37.4 Å². The Hall–Kier alpha value is -1.88. The summed E-state index contributed by atoms with van der Waals surface area (Å²) in [5.74, 6) is -1.98. The van der Waals surface area contributed by atoms with E-state index in [1.807, 2.05) is 0 Å². The topological polar surface area (TPSA) is 86.6 Å². The number of carboxylic acid groups (broad SMARTS) is 1. The molecule has 2 rings (SSSR count). The number of carbonyl (C=O) groups excluding carboxylic acids is 1. The highest BCUT2D eigenvalue weighted by Crippen LogP contribution is 2.25. The summed E-state index contributed by atoms with van der Waals surface area (Å²) in [5.41, 5.74) is 0.507. The van der Waals surface area contributed by atoms with Crippen molar-refractivity contribution in [3.05, 3.63) is 35.9 Å². The molecular weight excluding hydrogens is 258 g/mol. The second-order valence-corrected chi connectivity index (χ2v) is 5.16. The Morgan fingerprint density at radius 1 is 1.15 bits per heavy atom. The van der Waals surface area contributed by atoms with Crippen molar-refractivity contribution in [3.63, 3.8) is 0 Å². The number of aliphatic hydroxyl groups excluding tert-OH is 1. The van der Waals surface area contributed by atoms with Gasteiger partial charge >= 0.3 is 5.97 Å². The normalized spacial score (nSPS) is 23.9. The molecular formula is C15H19NO4. The van der Waals surface area contributed by atoms with Crippen molar-refractivity contribution in [1.29, 1.82) is 0 Å². The molecule has 5 heteroatoms. The lowest BCUT2D eigenvalue weighted by Crippen LogP contribution is -2.46. The number of amides is 1. The van der Waals surface area contributed by atoms with Gasteiger partial charge < -0.3 is 15.5 Å². The summed E-state index contributed by atoms with van der Waals surface area (Å²) in [5, 5.41) is 21.8. The number of hydrogen-bond acceptors (Lipinski definition) is 3. The van der Waals surface area contributed by atoms with Gasteiger partial charge in [0.2, 0.25) is 0 Å². The van der Waals surface area contributed by atoms with E-state index in [4.69, 9.17) is 5.11 Å². The first kappa shape index (κ1) is 14.5. The predicted octanol–water partition coefficient (Wildman–Crippen LogP) is 1.48. The Kier molecular flexibility index (Phi) is 4.74. The average molecular weight is 277 g/mol. The van der Waals surface area contributed by atoms with Crippen LogP contribution in [0, 0.1) is 5.92 Å². The standard InChI is InChI=1S/C15H19NO4/c17-13(10-6-2-1-3-7-10)14(18)16-12-9-5-4-8-11(12)15(19)20/h1-3,6-7,11-13,17H,4-5,8-9H2,(H,16,18)(H,19,20)/t11-,12+,13?/m0/s1. The van der Waals surface area contributed by atoms with Crippen LogP contribution in [0.3, 0.4) is 0 Å². The van der Waals surface area contributed by atoms with Gasteiger partial charge in [0.15, 0.2) is 6.10 Å². The van der Waals surface area contributed by atoms with Crippen LogP contribution in [0.5, 0.6) is 0 Å². The monoisotopic (exact) mass is 277 g/mol. The molecule has 0 bridgehead atoms. The summed E-state index contributed by atoms with van der Waals surface area (Å²) in [7, 11) is 0. The van der Waals surface area contributed by atoms with E-state index < -0.39 is 29.9 Å². The van der Waals surface area contributed by atoms with Crippen molar-refractivity contribution in [2.24, 2.45) is 5.92 Å². The van der Waals surface area contributed by atoms with E-state index in [9.17, 15) is 14.7 Å². The largest absolute Gasteiger partial charge is 0.481 e. The Morgan fingerprint density at radius 2 is 1.80 bits per heavy atom. The molecule has 0 heterocycles. The number of aliphatic hydroxyl groups is 1. The minimum Gasteiger partial charge on any atom is -0.481 e. The third kappa shape index (κ3) is 3.36. The molecule has 0 radical (unpaired) electrons. The second-order valence-electron chi connectivity index (χ2n) is 5.16. The number of hydrogen-bond donors (Lipinski definition) is 3. The number of nitrogens with one attached hydrogen (secondary N) is 1. The van der Waals surface area contributed by atoms with Crippen molar-refractivity contribution in [2.45, 2.75) is 37.8 Å². The quantitative estimate of drug-likeness (QED) is 0.778. The highest BCUT2D eigenvalue weighted by molar-refractivity contribution is 5.83. The van der Waals surface area contributed by atoms with Crippen LogP contribution in [-0.2, 0) is 9.59 Å². The fourth-order valence-corrected chi connectivity index (χ4v) is 2.65. The summed E-state index contributed by atoms with van der Waals surface area (Å²) in [6, 6.07) is 8.22. The summed E-state index contributed by atoms with van der Waals surface area (Å²) in [4.78, 5) is 23.2. The Bertz CT molecular complexity index is 474. The second kappa shape index (κ2) is 6.52. The molecule has 0 saturated heterocycles. The summed E-state index contributed by atoms with van der Waals surface area (Å²) < 4.78 is 0. The number of rotatable bonds is 4. The molecule has 1 amide bonds. The first-order valence-corrected chi connectivity index (χ1v) is 6.86. The maximum Gasteiger partial charge on any atom is 0.308 e. The van der Waals surface area contributed by atoms with E-state index in [1.54, 1.807) is 30.3 Å². The minimum atomic E-state index is -1.26. The number of carbonyl (C=O) groups is 2. The van der Waals surface area contributed by atoms with Crippen LogP contribution in [0.4, 0.5) is 0 Å². The van der Waals surface area contributed by atoms with Crippen molar-refractivity contribution >= 4 is 11.9 Å². The summed E-state index contributed by atoms with van der Waals surface area (Å²) in [6.45, 7) is 0. The third-order valence-corrected chi connectivity index (χ3v) is 3.77. The first-order valence-electron chi connectivity index (χ1n) is 6.86. The van der Waals surface area contributed by atoms with Gasteiger partial charge in [-0.15, -0.1) is 0 Å². The summed E-state index contributed by atoms with van der Waals surface area (Å²) in [6.07, 6.45) is 1.72. The molecule has 0 spiro atoms. The Morgan fingerprint density at radius 3 is 2.45 bits per heavy atom. The van der Waals surface area contributed by atoms with E-state index in [1.165, 1.54) is 0 Å². The van der Waals surface area contributed by atoms with Gasteiger partial charge in [0.25, 0.3) is 5.91 Å². The SMILES string of the molecule is O=C(N[C@@H]1CCCC[C@@H]1C(=O)O)C(O)c1ccccc1.